The number of carbonyl (C=O) groups excluding carboxylic acids is 2. The Morgan fingerprint density at radius 3 is 2.62 bits per heavy atom. The average Bonchev–Trinajstić information content (AvgIpc) is 3.32. The van der Waals surface area contributed by atoms with Gasteiger partial charge in [0.1, 0.15) is 4.21 Å². The zero-order chi connectivity index (χ0) is 19.2. The van der Waals surface area contributed by atoms with Crippen molar-refractivity contribution in [2.75, 3.05) is 33.9 Å². The van der Waals surface area contributed by atoms with Gasteiger partial charge in [0.2, 0.25) is 0 Å². The molecule has 0 spiro atoms. The van der Waals surface area contributed by atoms with E-state index >= 15 is 0 Å². The molecule has 0 unspecified atom stereocenters. The van der Waals surface area contributed by atoms with Crippen molar-refractivity contribution >= 4 is 33.2 Å². The quantitative estimate of drug-likeness (QED) is 0.456. The number of rotatable bonds is 8. The van der Waals surface area contributed by atoms with E-state index in [1.807, 2.05) is 0 Å². The summed E-state index contributed by atoms with van der Waals surface area (Å²) in [6.07, 6.45) is 0.691. The number of nitrogens with one attached hydrogen (secondary N) is 2. The highest BCUT2D eigenvalue weighted by Crippen LogP contribution is 2.28. The molecule has 2 heterocycles. The van der Waals surface area contributed by atoms with Crippen molar-refractivity contribution in [3.63, 3.8) is 0 Å². The van der Waals surface area contributed by atoms with E-state index in [1.165, 1.54) is 18.5 Å². The van der Waals surface area contributed by atoms with E-state index in [9.17, 15) is 18.0 Å². The Bertz CT molecular complexity index is 703. The summed E-state index contributed by atoms with van der Waals surface area (Å²) in [5.74, 6) is -1.65. The first-order chi connectivity index (χ1) is 12.4. The van der Waals surface area contributed by atoms with Crippen molar-refractivity contribution in [3.8, 4) is 0 Å². The molecule has 1 aromatic heterocycles. The summed E-state index contributed by atoms with van der Waals surface area (Å²) in [5.41, 5.74) is 0. The minimum absolute atomic E-state index is 0.0293. The van der Waals surface area contributed by atoms with Crippen LogP contribution in [0.2, 0.25) is 0 Å². The summed E-state index contributed by atoms with van der Waals surface area (Å²) in [6.45, 7) is 0.507. The summed E-state index contributed by atoms with van der Waals surface area (Å²) in [6, 6.07) is 2.87. The van der Waals surface area contributed by atoms with Crippen LogP contribution in [0.1, 0.15) is 12.8 Å². The highest BCUT2D eigenvalue weighted by atomic mass is 32.2. The van der Waals surface area contributed by atoms with E-state index in [0.717, 1.165) is 11.3 Å². The first-order valence-corrected chi connectivity index (χ1v) is 10.4. The Morgan fingerprint density at radius 2 is 2.00 bits per heavy atom. The summed E-state index contributed by atoms with van der Waals surface area (Å²) in [7, 11) is -0.734. The highest BCUT2D eigenvalue weighted by Gasteiger charge is 2.36. The molecular weight excluding hydrogens is 382 g/mol. The molecule has 2 rings (SSSR count). The molecule has 1 atom stereocenters. The smallest absolute Gasteiger partial charge is 0.309 e. The topological polar surface area (TPSA) is 114 Å². The fourth-order valence-corrected chi connectivity index (χ4v) is 5.48. The van der Waals surface area contributed by atoms with Crippen LogP contribution in [0.3, 0.4) is 0 Å². The van der Waals surface area contributed by atoms with Crippen LogP contribution in [0, 0.1) is 0 Å². The maximum atomic E-state index is 12.6. The molecule has 0 aromatic carbocycles. The van der Waals surface area contributed by atoms with E-state index in [4.69, 9.17) is 9.47 Å². The Morgan fingerprint density at radius 1 is 1.31 bits per heavy atom. The number of carbonyl (C=O) groups is 2. The van der Waals surface area contributed by atoms with Gasteiger partial charge in [0, 0.05) is 33.4 Å². The van der Waals surface area contributed by atoms with Crippen LogP contribution >= 0.6 is 11.3 Å². The lowest BCUT2D eigenvalue weighted by atomic mass is 10.2. The van der Waals surface area contributed by atoms with Crippen LogP contribution in [0.5, 0.6) is 0 Å². The lowest BCUT2D eigenvalue weighted by Gasteiger charge is -2.23. The number of amides is 2. The van der Waals surface area contributed by atoms with E-state index in [-0.39, 0.29) is 23.3 Å². The zero-order valence-corrected chi connectivity index (χ0v) is 16.3. The second-order valence-electron chi connectivity index (χ2n) is 5.66. The standard InChI is InChI=1S/C15H23N3O6S2/c1-23-12(24-2)10-17-15(20)14(19)16-9-11-5-3-7-18(11)26(21,22)13-6-4-8-25-13/h4,6,8,11-12H,3,5,7,9-10H2,1-2H3,(H,16,19)(H,17,20)/t11-/m0/s1. The molecule has 11 heteroatoms. The lowest BCUT2D eigenvalue weighted by molar-refractivity contribution is -0.141. The highest BCUT2D eigenvalue weighted by molar-refractivity contribution is 7.91. The minimum Gasteiger partial charge on any atom is -0.354 e. The summed E-state index contributed by atoms with van der Waals surface area (Å²) >= 11 is 1.16. The third-order valence-electron chi connectivity index (χ3n) is 4.04. The normalized spacial score (nSPS) is 18.2. The predicted molar refractivity (Wildman–Crippen MR) is 95.1 cm³/mol. The lowest BCUT2D eigenvalue weighted by Crippen LogP contribution is -2.48. The molecule has 0 aliphatic carbocycles. The van der Waals surface area contributed by atoms with Crippen LogP contribution in [-0.2, 0) is 29.1 Å². The number of ether oxygens (including phenoxy) is 2. The monoisotopic (exact) mass is 405 g/mol. The molecule has 1 fully saturated rings. The molecule has 26 heavy (non-hydrogen) atoms. The first kappa shape index (κ1) is 20.8. The van der Waals surface area contributed by atoms with Crippen LogP contribution < -0.4 is 10.6 Å². The second kappa shape index (κ2) is 9.42. The predicted octanol–water partition coefficient (Wildman–Crippen LogP) is -0.247. The van der Waals surface area contributed by atoms with E-state index in [1.54, 1.807) is 17.5 Å². The molecule has 2 N–H and O–H groups in total. The Labute approximate surface area is 156 Å². The summed E-state index contributed by atoms with van der Waals surface area (Å²) in [4.78, 5) is 23.7. The van der Waals surface area contributed by atoms with Crippen LogP contribution in [0.4, 0.5) is 0 Å². The molecule has 0 bridgehead atoms. The molecular formula is C15H23N3O6S2. The van der Waals surface area contributed by atoms with Crippen molar-refractivity contribution in [2.45, 2.75) is 29.4 Å². The third-order valence-corrected chi connectivity index (χ3v) is 7.37. The summed E-state index contributed by atoms with van der Waals surface area (Å²) in [5, 5.41) is 6.59. The molecule has 0 radical (unpaired) electrons. The van der Waals surface area contributed by atoms with Gasteiger partial charge in [-0.1, -0.05) is 6.07 Å². The third kappa shape index (κ3) is 5.01. The molecule has 2 amide bonds. The maximum absolute atomic E-state index is 12.6. The van der Waals surface area contributed by atoms with Crippen molar-refractivity contribution in [1.82, 2.24) is 14.9 Å². The van der Waals surface area contributed by atoms with Crippen LogP contribution in [0.25, 0.3) is 0 Å². The van der Waals surface area contributed by atoms with Crippen molar-refractivity contribution in [1.29, 1.82) is 0 Å². The number of hydrogen-bond donors (Lipinski definition) is 2. The number of methoxy groups -OCH3 is 2. The number of sulfonamides is 1. The number of thiophene rings is 1. The minimum atomic E-state index is -3.57. The first-order valence-electron chi connectivity index (χ1n) is 8.07. The maximum Gasteiger partial charge on any atom is 0.309 e. The van der Waals surface area contributed by atoms with E-state index in [0.29, 0.717) is 19.4 Å². The largest absolute Gasteiger partial charge is 0.354 e. The Kier molecular flexibility index (Phi) is 7.53. The summed E-state index contributed by atoms with van der Waals surface area (Å²) < 4.78 is 36.8. The SMILES string of the molecule is COC(CNC(=O)C(=O)NC[C@@H]1CCCN1S(=O)(=O)c1cccs1)OC. The number of nitrogens with zero attached hydrogens (tertiary/aromatic N) is 1. The zero-order valence-electron chi connectivity index (χ0n) is 14.6. The van der Waals surface area contributed by atoms with Gasteiger partial charge >= 0.3 is 11.8 Å². The fourth-order valence-electron chi connectivity index (χ4n) is 2.67. The van der Waals surface area contributed by atoms with Crippen molar-refractivity contribution in [2.24, 2.45) is 0 Å². The van der Waals surface area contributed by atoms with Crippen molar-refractivity contribution < 1.29 is 27.5 Å². The molecule has 1 aliphatic rings. The van der Waals surface area contributed by atoms with Gasteiger partial charge in [0.15, 0.2) is 6.29 Å². The van der Waals surface area contributed by atoms with E-state index in [2.05, 4.69) is 10.6 Å². The van der Waals surface area contributed by atoms with Gasteiger partial charge in [-0.05, 0) is 24.3 Å². The van der Waals surface area contributed by atoms with Gasteiger partial charge in [-0.2, -0.15) is 4.31 Å². The van der Waals surface area contributed by atoms with Crippen LogP contribution in [0.15, 0.2) is 21.7 Å². The molecule has 1 aromatic rings. The van der Waals surface area contributed by atoms with E-state index < -0.39 is 28.1 Å². The Hall–Kier alpha value is -1.53. The van der Waals surface area contributed by atoms with Gasteiger partial charge in [-0.15, -0.1) is 11.3 Å². The average molecular weight is 405 g/mol. The molecule has 1 saturated heterocycles. The van der Waals surface area contributed by atoms with Gasteiger partial charge in [-0.25, -0.2) is 8.42 Å². The van der Waals surface area contributed by atoms with Gasteiger partial charge in [0.05, 0.1) is 6.54 Å². The van der Waals surface area contributed by atoms with Gasteiger partial charge in [0.25, 0.3) is 10.0 Å². The van der Waals surface area contributed by atoms with Crippen LogP contribution in [-0.4, -0.2) is 70.7 Å². The van der Waals surface area contributed by atoms with Gasteiger partial charge in [-0.3, -0.25) is 9.59 Å². The second-order valence-corrected chi connectivity index (χ2v) is 8.73. The molecule has 146 valence electrons. The van der Waals surface area contributed by atoms with Crippen molar-refractivity contribution in [3.05, 3.63) is 17.5 Å². The molecule has 0 saturated carbocycles. The molecule has 9 nitrogen and oxygen atoms in total. The molecule has 1 aliphatic heterocycles. The fraction of sp³-hybridized carbons (Fsp3) is 0.600. The number of hydrogen-bond acceptors (Lipinski definition) is 7. The van der Waals surface area contributed by atoms with Gasteiger partial charge < -0.3 is 20.1 Å². The Balaban J connectivity index is 1.88.